The minimum Gasteiger partial charge on any atom is -0.348 e. The van der Waals surface area contributed by atoms with Crippen molar-refractivity contribution in [3.63, 3.8) is 0 Å². The largest absolute Gasteiger partial charge is 0.348 e. The van der Waals surface area contributed by atoms with Gasteiger partial charge in [-0.1, -0.05) is 12.1 Å². The summed E-state index contributed by atoms with van der Waals surface area (Å²) < 4.78 is 0. The van der Waals surface area contributed by atoms with Gasteiger partial charge in [0.15, 0.2) is 0 Å². The van der Waals surface area contributed by atoms with Gasteiger partial charge >= 0.3 is 0 Å². The number of hydrogen-bond donors (Lipinski definition) is 2. The van der Waals surface area contributed by atoms with Gasteiger partial charge in [-0.05, 0) is 44.9 Å². The average molecular weight is 287 g/mol. The monoisotopic (exact) mass is 287 g/mol. The Balaban J connectivity index is 1.80. The highest BCUT2D eigenvalue weighted by Gasteiger charge is 2.33. The van der Waals surface area contributed by atoms with Crippen LogP contribution in [0.25, 0.3) is 0 Å². The third kappa shape index (κ3) is 2.53. The predicted octanol–water partition coefficient (Wildman–Crippen LogP) is 1.74. The first-order chi connectivity index (χ1) is 10.1. The summed E-state index contributed by atoms with van der Waals surface area (Å²) in [6.07, 6.45) is 1.93. The molecule has 1 aromatic rings. The molecular formula is C16H21N3O2. The fourth-order valence-corrected chi connectivity index (χ4v) is 3.29. The molecule has 5 heteroatoms. The van der Waals surface area contributed by atoms with Crippen molar-refractivity contribution in [1.82, 2.24) is 10.2 Å². The molecule has 1 saturated heterocycles. The summed E-state index contributed by atoms with van der Waals surface area (Å²) in [4.78, 5) is 26.7. The first kappa shape index (κ1) is 14.1. The molecule has 1 unspecified atom stereocenters. The van der Waals surface area contributed by atoms with E-state index in [1.165, 1.54) is 0 Å². The van der Waals surface area contributed by atoms with E-state index in [9.17, 15) is 9.59 Å². The zero-order valence-electron chi connectivity index (χ0n) is 12.5. The van der Waals surface area contributed by atoms with E-state index >= 15 is 0 Å². The van der Waals surface area contributed by atoms with Gasteiger partial charge in [-0.3, -0.25) is 14.5 Å². The SMILES string of the molecule is CC(C)N1CCCC1C(=O)Nc1cccc2c1C(=O)NC2. The van der Waals surface area contributed by atoms with Gasteiger partial charge in [0.1, 0.15) is 0 Å². The first-order valence-electron chi connectivity index (χ1n) is 7.54. The number of nitrogens with zero attached hydrogens (tertiary/aromatic N) is 1. The molecule has 1 aromatic carbocycles. The van der Waals surface area contributed by atoms with Crippen molar-refractivity contribution in [2.75, 3.05) is 11.9 Å². The third-order valence-corrected chi connectivity index (χ3v) is 4.34. The Hall–Kier alpha value is -1.88. The number of carbonyl (C=O) groups excluding carboxylic acids is 2. The lowest BCUT2D eigenvalue weighted by Crippen LogP contribution is -2.43. The van der Waals surface area contributed by atoms with Gasteiger partial charge in [-0.25, -0.2) is 0 Å². The van der Waals surface area contributed by atoms with Crippen molar-refractivity contribution >= 4 is 17.5 Å². The maximum atomic E-state index is 12.6. The molecule has 112 valence electrons. The molecule has 21 heavy (non-hydrogen) atoms. The standard InChI is InChI=1S/C16H21N3O2/c1-10(2)19-8-4-7-13(19)15(20)18-12-6-3-5-11-9-17-16(21)14(11)12/h3,5-6,10,13H,4,7-9H2,1-2H3,(H,17,21)(H,18,20). The zero-order valence-corrected chi connectivity index (χ0v) is 12.5. The Morgan fingerprint density at radius 2 is 2.24 bits per heavy atom. The van der Waals surface area contributed by atoms with Crippen LogP contribution >= 0.6 is 0 Å². The predicted molar refractivity (Wildman–Crippen MR) is 81.1 cm³/mol. The lowest BCUT2D eigenvalue weighted by Gasteiger charge is -2.27. The highest BCUT2D eigenvalue weighted by Crippen LogP contribution is 2.26. The van der Waals surface area contributed by atoms with Crippen LogP contribution in [-0.4, -0.2) is 35.3 Å². The first-order valence-corrected chi connectivity index (χ1v) is 7.54. The van der Waals surface area contributed by atoms with Gasteiger partial charge in [0.2, 0.25) is 5.91 Å². The van der Waals surface area contributed by atoms with Crippen molar-refractivity contribution in [2.24, 2.45) is 0 Å². The van der Waals surface area contributed by atoms with Crippen LogP contribution in [-0.2, 0) is 11.3 Å². The van der Waals surface area contributed by atoms with Crippen LogP contribution in [0, 0.1) is 0 Å². The van der Waals surface area contributed by atoms with Crippen molar-refractivity contribution in [1.29, 1.82) is 0 Å². The minimum atomic E-state index is -0.104. The average Bonchev–Trinajstić information content (AvgIpc) is 3.06. The molecule has 2 amide bonds. The van der Waals surface area contributed by atoms with E-state index < -0.39 is 0 Å². The number of fused-ring (bicyclic) bond motifs is 1. The summed E-state index contributed by atoms with van der Waals surface area (Å²) >= 11 is 0. The van der Waals surface area contributed by atoms with E-state index in [1.807, 2.05) is 12.1 Å². The van der Waals surface area contributed by atoms with Crippen LogP contribution < -0.4 is 10.6 Å². The van der Waals surface area contributed by atoms with Crippen LogP contribution in [0.1, 0.15) is 42.6 Å². The van der Waals surface area contributed by atoms with Gasteiger partial charge in [-0.15, -0.1) is 0 Å². The van der Waals surface area contributed by atoms with E-state index in [0.29, 0.717) is 23.8 Å². The normalized spacial score (nSPS) is 21.5. The van der Waals surface area contributed by atoms with Gasteiger partial charge < -0.3 is 10.6 Å². The highest BCUT2D eigenvalue weighted by atomic mass is 16.2. The maximum Gasteiger partial charge on any atom is 0.254 e. The Bertz CT molecular complexity index is 583. The van der Waals surface area contributed by atoms with Crippen molar-refractivity contribution in [2.45, 2.75) is 45.3 Å². The molecule has 1 atom stereocenters. The lowest BCUT2D eigenvalue weighted by atomic mass is 10.1. The topological polar surface area (TPSA) is 61.4 Å². The van der Waals surface area contributed by atoms with Crippen LogP contribution in [0.3, 0.4) is 0 Å². The van der Waals surface area contributed by atoms with E-state index in [-0.39, 0.29) is 17.9 Å². The molecule has 0 bridgehead atoms. The minimum absolute atomic E-state index is 0.00528. The summed E-state index contributed by atoms with van der Waals surface area (Å²) in [5, 5.41) is 5.75. The third-order valence-electron chi connectivity index (χ3n) is 4.34. The molecule has 5 nitrogen and oxygen atoms in total. The molecule has 0 saturated carbocycles. The Labute approximate surface area is 124 Å². The van der Waals surface area contributed by atoms with Crippen LogP contribution in [0.15, 0.2) is 18.2 Å². The number of anilines is 1. The van der Waals surface area contributed by atoms with Crippen LogP contribution in [0.5, 0.6) is 0 Å². The van der Waals surface area contributed by atoms with E-state index in [2.05, 4.69) is 29.4 Å². The van der Waals surface area contributed by atoms with Gasteiger partial charge in [0, 0.05) is 12.6 Å². The van der Waals surface area contributed by atoms with E-state index in [0.717, 1.165) is 24.9 Å². The fraction of sp³-hybridized carbons (Fsp3) is 0.500. The molecule has 2 N–H and O–H groups in total. The summed E-state index contributed by atoms with van der Waals surface area (Å²) in [5.74, 6) is -0.109. The number of carbonyl (C=O) groups is 2. The molecule has 2 aliphatic rings. The number of likely N-dealkylation sites (tertiary alicyclic amines) is 1. The molecule has 2 heterocycles. The van der Waals surface area contributed by atoms with Crippen molar-refractivity contribution in [3.05, 3.63) is 29.3 Å². The molecule has 0 spiro atoms. The number of benzene rings is 1. The second kappa shape index (κ2) is 5.48. The van der Waals surface area contributed by atoms with Gasteiger partial charge in [-0.2, -0.15) is 0 Å². The molecule has 0 aromatic heterocycles. The molecule has 1 fully saturated rings. The Morgan fingerprint density at radius 1 is 1.43 bits per heavy atom. The maximum absolute atomic E-state index is 12.6. The molecule has 3 rings (SSSR count). The highest BCUT2D eigenvalue weighted by molar-refractivity contribution is 6.07. The molecule has 0 radical (unpaired) electrons. The van der Waals surface area contributed by atoms with E-state index in [4.69, 9.17) is 0 Å². The summed E-state index contributed by atoms with van der Waals surface area (Å²) in [5.41, 5.74) is 2.19. The second-order valence-corrected chi connectivity index (χ2v) is 6.00. The van der Waals surface area contributed by atoms with Gasteiger partial charge in [0.25, 0.3) is 5.91 Å². The lowest BCUT2D eigenvalue weighted by molar-refractivity contribution is -0.120. The summed E-state index contributed by atoms with van der Waals surface area (Å²) in [6.45, 7) is 5.72. The van der Waals surface area contributed by atoms with Crippen molar-refractivity contribution < 1.29 is 9.59 Å². The number of amides is 2. The number of rotatable bonds is 3. The number of hydrogen-bond acceptors (Lipinski definition) is 3. The second-order valence-electron chi connectivity index (χ2n) is 6.00. The molecular weight excluding hydrogens is 266 g/mol. The fourth-order valence-electron chi connectivity index (χ4n) is 3.29. The Kier molecular flexibility index (Phi) is 3.68. The van der Waals surface area contributed by atoms with Crippen LogP contribution in [0.4, 0.5) is 5.69 Å². The molecule has 2 aliphatic heterocycles. The smallest absolute Gasteiger partial charge is 0.254 e. The summed E-state index contributed by atoms with van der Waals surface area (Å²) in [6, 6.07) is 5.86. The quantitative estimate of drug-likeness (QED) is 0.890. The van der Waals surface area contributed by atoms with Crippen molar-refractivity contribution in [3.8, 4) is 0 Å². The van der Waals surface area contributed by atoms with Gasteiger partial charge in [0.05, 0.1) is 17.3 Å². The van der Waals surface area contributed by atoms with E-state index in [1.54, 1.807) is 6.07 Å². The zero-order chi connectivity index (χ0) is 15.0. The van der Waals surface area contributed by atoms with Crippen LogP contribution in [0.2, 0.25) is 0 Å². The number of nitrogens with one attached hydrogen (secondary N) is 2. The molecule has 0 aliphatic carbocycles. The Morgan fingerprint density at radius 3 is 3.00 bits per heavy atom. The summed E-state index contributed by atoms with van der Waals surface area (Å²) in [7, 11) is 0.